The Bertz CT molecular complexity index is 793. The smallest absolute Gasteiger partial charge is 0.255 e. The summed E-state index contributed by atoms with van der Waals surface area (Å²) in [6, 6.07) is 10.4. The van der Waals surface area contributed by atoms with Crippen LogP contribution >= 0.6 is 15.9 Å². The summed E-state index contributed by atoms with van der Waals surface area (Å²) in [7, 11) is 3.00. The molecule has 0 bridgehead atoms. The van der Waals surface area contributed by atoms with Crippen molar-refractivity contribution in [1.29, 1.82) is 0 Å². The Hall–Kier alpha value is -2.54. The van der Waals surface area contributed by atoms with Crippen molar-refractivity contribution in [2.75, 3.05) is 26.1 Å². The fourth-order valence-electron chi connectivity index (χ4n) is 2.20. The maximum absolute atomic E-state index is 12.3. The summed E-state index contributed by atoms with van der Waals surface area (Å²) in [5.41, 5.74) is 1.95. The lowest BCUT2D eigenvalue weighted by Gasteiger charge is -2.12. The van der Waals surface area contributed by atoms with E-state index in [9.17, 15) is 9.59 Å². The van der Waals surface area contributed by atoms with Crippen LogP contribution in [-0.2, 0) is 4.79 Å². The van der Waals surface area contributed by atoms with E-state index >= 15 is 0 Å². The highest BCUT2D eigenvalue weighted by molar-refractivity contribution is 9.10. The van der Waals surface area contributed by atoms with Crippen molar-refractivity contribution < 1.29 is 19.1 Å². The fourth-order valence-corrected chi connectivity index (χ4v) is 2.68. The molecule has 0 aliphatic heterocycles. The lowest BCUT2D eigenvalue weighted by Crippen LogP contribution is -2.33. The first-order chi connectivity index (χ1) is 11.9. The van der Waals surface area contributed by atoms with E-state index in [1.165, 1.54) is 14.2 Å². The van der Waals surface area contributed by atoms with E-state index in [1.54, 1.807) is 24.3 Å². The lowest BCUT2D eigenvalue weighted by atomic mass is 10.1. The molecular formula is C18H19BrN2O4. The Morgan fingerprint density at radius 3 is 2.48 bits per heavy atom. The summed E-state index contributed by atoms with van der Waals surface area (Å²) in [6.07, 6.45) is 0. The van der Waals surface area contributed by atoms with E-state index in [-0.39, 0.29) is 12.5 Å². The molecule has 0 spiro atoms. The van der Waals surface area contributed by atoms with E-state index in [1.807, 2.05) is 19.1 Å². The van der Waals surface area contributed by atoms with Crippen LogP contribution in [0.3, 0.4) is 0 Å². The number of carbonyl (C=O) groups is 2. The number of aryl methyl sites for hydroxylation is 1. The standard InChI is InChI=1S/C18H19BrN2O4/c1-11-8-12(19)4-7-15(11)21-17(22)10-20-18(23)14-6-5-13(24-2)9-16(14)25-3/h4-9H,10H2,1-3H3,(H,20,23)(H,21,22). The third kappa shape index (κ3) is 4.96. The van der Waals surface area contributed by atoms with Gasteiger partial charge >= 0.3 is 0 Å². The molecule has 132 valence electrons. The molecule has 0 unspecified atom stereocenters. The van der Waals surface area contributed by atoms with E-state index < -0.39 is 5.91 Å². The zero-order valence-electron chi connectivity index (χ0n) is 14.2. The minimum absolute atomic E-state index is 0.149. The van der Waals surface area contributed by atoms with Crippen LogP contribution in [0.5, 0.6) is 11.5 Å². The minimum atomic E-state index is -0.401. The highest BCUT2D eigenvalue weighted by atomic mass is 79.9. The van der Waals surface area contributed by atoms with Crippen molar-refractivity contribution in [2.45, 2.75) is 6.92 Å². The maximum Gasteiger partial charge on any atom is 0.255 e. The van der Waals surface area contributed by atoms with Crippen LogP contribution in [0.1, 0.15) is 15.9 Å². The summed E-state index contributed by atoms with van der Waals surface area (Å²) in [6.45, 7) is 1.74. The zero-order chi connectivity index (χ0) is 18.4. The van der Waals surface area contributed by atoms with Crippen LogP contribution in [-0.4, -0.2) is 32.6 Å². The quantitative estimate of drug-likeness (QED) is 0.772. The van der Waals surface area contributed by atoms with Crippen molar-refractivity contribution in [2.24, 2.45) is 0 Å². The summed E-state index contributed by atoms with van der Waals surface area (Å²) < 4.78 is 11.2. The monoisotopic (exact) mass is 406 g/mol. The van der Waals surface area contributed by atoms with Gasteiger partial charge in [-0.1, -0.05) is 15.9 Å². The number of halogens is 1. The first kappa shape index (κ1) is 18.8. The summed E-state index contributed by atoms with van der Waals surface area (Å²) >= 11 is 3.37. The molecule has 0 aromatic heterocycles. The molecule has 2 amide bonds. The molecule has 0 heterocycles. The van der Waals surface area contributed by atoms with Crippen LogP contribution < -0.4 is 20.1 Å². The normalized spacial score (nSPS) is 10.1. The molecule has 0 saturated carbocycles. The molecular weight excluding hydrogens is 388 g/mol. The van der Waals surface area contributed by atoms with Gasteiger partial charge in [0.1, 0.15) is 11.5 Å². The highest BCUT2D eigenvalue weighted by Gasteiger charge is 2.14. The van der Waals surface area contributed by atoms with E-state index in [4.69, 9.17) is 9.47 Å². The number of amides is 2. The first-order valence-electron chi connectivity index (χ1n) is 7.51. The van der Waals surface area contributed by atoms with Crippen molar-refractivity contribution in [3.63, 3.8) is 0 Å². The molecule has 0 fully saturated rings. The third-order valence-electron chi connectivity index (χ3n) is 3.53. The van der Waals surface area contributed by atoms with Crippen LogP contribution in [0.15, 0.2) is 40.9 Å². The highest BCUT2D eigenvalue weighted by Crippen LogP contribution is 2.24. The van der Waals surface area contributed by atoms with Gasteiger partial charge in [0.05, 0.1) is 26.3 Å². The Morgan fingerprint density at radius 1 is 1.08 bits per heavy atom. The molecule has 2 aromatic rings. The number of anilines is 1. The molecule has 0 aliphatic carbocycles. The van der Waals surface area contributed by atoms with Gasteiger partial charge in [-0.15, -0.1) is 0 Å². The largest absolute Gasteiger partial charge is 0.497 e. The number of rotatable bonds is 6. The number of hydrogen-bond donors (Lipinski definition) is 2. The molecule has 0 aliphatic rings. The number of ether oxygens (including phenoxy) is 2. The average Bonchev–Trinajstić information content (AvgIpc) is 2.61. The minimum Gasteiger partial charge on any atom is -0.497 e. The fraction of sp³-hybridized carbons (Fsp3) is 0.222. The number of benzene rings is 2. The Kier molecular flexibility index (Phi) is 6.41. The molecule has 2 N–H and O–H groups in total. The maximum atomic E-state index is 12.3. The molecule has 6 nitrogen and oxygen atoms in total. The predicted octanol–water partition coefficient (Wildman–Crippen LogP) is 3.14. The van der Waals surface area contributed by atoms with Crippen molar-refractivity contribution in [1.82, 2.24) is 5.32 Å². The number of hydrogen-bond acceptors (Lipinski definition) is 4. The predicted molar refractivity (Wildman–Crippen MR) is 99.4 cm³/mol. The molecule has 0 atom stereocenters. The molecule has 0 radical (unpaired) electrons. The van der Waals surface area contributed by atoms with Gasteiger partial charge in [-0.2, -0.15) is 0 Å². The number of methoxy groups -OCH3 is 2. The van der Waals surface area contributed by atoms with Crippen molar-refractivity contribution in [3.05, 3.63) is 52.0 Å². The van der Waals surface area contributed by atoms with Crippen LogP contribution in [0.4, 0.5) is 5.69 Å². The average molecular weight is 407 g/mol. The zero-order valence-corrected chi connectivity index (χ0v) is 15.8. The van der Waals surface area contributed by atoms with Gasteiger partial charge in [0.2, 0.25) is 5.91 Å². The van der Waals surface area contributed by atoms with E-state index in [2.05, 4.69) is 26.6 Å². The van der Waals surface area contributed by atoms with Crippen molar-refractivity contribution in [3.8, 4) is 11.5 Å². The Balaban J connectivity index is 1.98. The molecule has 25 heavy (non-hydrogen) atoms. The van der Waals surface area contributed by atoms with Gasteiger partial charge in [0.15, 0.2) is 0 Å². The molecule has 0 saturated heterocycles. The van der Waals surface area contributed by atoms with Crippen LogP contribution in [0.2, 0.25) is 0 Å². The Labute approximate surface area is 154 Å². The summed E-state index contributed by atoms with van der Waals surface area (Å²) in [5, 5.41) is 5.35. The second-order valence-electron chi connectivity index (χ2n) is 5.26. The SMILES string of the molecule is COc1ccc(C(=O)NCC(=O)Nc2ccc(Br)cc2C)c(OC)c1. The van der Waals surface area contributed by atoms with Crippen LogP contribution in [0.25, 0.3) is 0 Å². The third-order valence-corrected chi connectivity index (χ3v) is 4.02. The van der Waals surface area contributed by atoms with E-state index in [0.717, 1.165) is 10.0 Å². The lowest BCUT2D eigenvalue weighted by molar-refractivity contribution is -0.115. The molecule has 2 aromatic carbocycles. The second-order valence-corrected chi connectivity index (χ2v) is 6.17. The van der Waals surface area contributed by atoms with Gasteiger partial charge in [-0.05, 0) is 42.8 Å². The van der Waals surface area contributed by atoms with Crippen molar-refractivity contribution >= 4 is 33.4 Å². The molecule has 2 rings (SSSR count). The Morgan fingerprint density at radius 2 is 1.84 bits per heavy atom. The second kappa shape index (κ2) is 8.53. The van der Waals surface area contributed by atoms with Gasteiger partial charge in [-0.3, -0.25) is 9.59 Å². The van der Waals surface area contributed by atoms with E-state index in [0.29, 0.717) is 22.7 Å². The number of nitrogens with one attached hydrogen (secondary N) is 2. The van der Waals surface area contributed by atoms with Gasteiger partial charge in [0, 0.05) is 16.2 Å². The van der Waals surface area contributed by atoms with Gasteiger partial charge < -0.3 is 20.1 Å². The summed E-state index contributed by atoms with van der Waals surface area (Å²) in [5.74, 6) is 0.242. The first-order valence-corrected chi connectivity index (χ1v) is 8.30. The van der Waals surface area contributed by atoms with Gasteiger partial charge in [-0.25, -0.2) is 0 Å². The molecule has 7 heteroatoms. The summed E-state index contributed by atoms with van der Waals surface area (Å²) in [4.78, 5) is 24.3. The topological polar surface area (TPSA) is 76.7 Å². The number of carbonyl (C=O) groups excluding carboxylic acids is 2. The van der Waals surface area contributed by atoms with Crippen LogP contribution in [0, 0.1) is 6.92 Å². The van der Waals surface area contributed by atoms with Gasteiger partial charge in [0.25, 0.3) is 5.91 Å².